The van der Waals surface area contributed by atoms with Crippen LogP contribution in [0.25, 0.3) is 0 Å². The Hall–Kier alpha value is -0.120. The molecule has 0 spiro atoms. The Morgan fingerprint density at radius 2 is 2.05 bits per heavy atom. The number of hydrogen-bond donors (Lipinski definition) is 1. The summed E-state index contributed by atoms with van der Waals surface area (Å²) in [7, 11) is 0. The normalized spacial score (nSPS) is 36.2. The quantitative estimate of drug-likeness (QED) is 0.805. The molecule has 2 atom stereocenters. The predicted molar refractivity (Wildman–Crippen MR) is 80.2 cm³/mol. The van der Waals surface area contributed by atoms with Crippen LogP contribution in [0.4, 0.5) is 0 Å². The molecule has 2 N–H and O–H groups in total. The lowest BCUT2D eigenvalue weighted by Gasteiger charge is -2.53. The second-order valence-corrected chi connectivity index (χ2v) is 7.20. The third kappa shape index (κ3) is 3.32. The molecule has 0 radical (unpaired) electrons. The van der Waals surface area contributed by atoms with Gasteiger partial charge in [-0.15, -0.1) is 0 Å². The van der Waals surface area contributed by atoms with Crippen LogP contribution in [0, 0.1) is 5.92 Å². The molecule has 2 rings (SSSR count). The predicted octanol–water partition coefficient (Wildman–Crippen LogP) is 2.78. The van der Waals surface area contributed by atoms with Gasteiger partial charge in [0.1, 0.15) is 0 Å². The first-order chi connectivity index (χ1) is 8.95. The van der Waals surface area contributed by atoms with Crippen molar-refractivity contribution in [3.8, 4) is 0 Å². The topological polar surface area (TPSA) is 38.5 Å². The molecule has 2 aliphatic rings. The van der Waals surface area contributed by atoms with E-state index >= 15 is 0 Å². The third-order valence-corrected chi connectivity index (χ3v) is 5.23. The fourth-order valence-corrected chi connectivity index (χ4v) is 3.62. The lowest BCUT2D eigenvalue weighted by molar-refractivity contribution is -0.135. The van der Waals surface area contributed by atoms with E-state index in [-0.39, 0.29) is 11.1 Å². The van der Waals surface area contributed by atoms with Crippen molar-refractivity contribution in [1.82, 2.24) is 4.90 Å². The van der Waals surface area contributed by atoms with Gasteiger partial charge < -0.3 is 10.5 Å². The molecule has 19 heavy (non-hydrogen) atoms. The zero-order valence-electron chi connectivity index (χ0n) is 13.2. The van der Waals surface area contributed by atoms with Gasteiger partial charge in [-0.05, 0) is 58.8 Å². The molecule has 1 aliphatic heterocycles. The molecule has 0 amide bonds. The van der Waals surface area contributed by atoms with Crippen LogP contribution in [0.15, 0.2) is 0 Å². The maximum atomic E-state index is 6.25. The summed E-state index contributed by atoms with van der Waals surface area (Å²) in [5.74, 6) is 0.918. The minimum atomic E-state index is 0.00824. The molecular weight excluding hydrogens is 236 g/mol. The van der Waals surface area contributed by atoms with Crippen LogP contribution in [0.5, 0.6) is 0 Å². The molecule has 1 saturated carbocycles. The highest BCUT2D eigenvalue weighted by atomic mass is 16.5. The average Bonchev–Trinajstić information content (AvgIpc) is 3.19. The molecular formula is C16H32N2O. The van der Waals surface area contributed by atoms with Gasteiger partial charge in [-0.2, -0.15) is 0 Å². The smallest absolute Gasteiger partial charge is 0.0670 e. The lowest BCUT2D eigenvalue weighted by Crippen LogP contribution is -2.63. The number of hydrogen-bond acceptors (Lipinski definition) is 3. The van der Waals surface area contributed by atoms with Crippen LogP contribution in [-0.2, 0) is 4.74 Å². The zero-order chi connectivity index (χ0) is 14.1. The van der Waals surface area contributed by atoms with E-state index in [0.29, 0.717) is 6.04 Å². The molecule has 3 heteroatoms. The van der Waals surface area contributed by atoms with E-state index in [4.69, 9.17) is 10.5 Å². The summed E-state index contributed by atoms with van der Waals surface area (Å²) in [6.45, 7) is 12.0. The van der Waals surface area contributed by atoms with Crippen molar-refractivity contribution >= 4 is 0 Å². The standard InChI is InChI=1S/C16H32N2O/c1-5-15(4)11-16(12-17,8-9-19-15)18(13(2)3)10-14-6-7-14/h13-14H,5-12,17H2,1-4H3. The largest absolute Gasteiger partial charge is 0.375 e. The minimum absolute atomic E-state index is 0.00824. The fourth-order valence-electron chi connectivity index (χ4n) is 3.62. The van der Waals surface area contributed by atoms with Crippen molar-refractivity contribution in [2.75, 3.05) is 19.7 Å². The summed E-state index contributed by atoms with van der Waals surface area (Å²) in [5.41, 5.74) is 6.41. The van der Waals surface area contributed by atoms with Crippen LogP contribution in [0.3, 0.4) is 0 Å². The minimum Gasteiger partial charge on any atom is -0.375 e. The Labute approximate surface area is 118 Å². The first kappa shape index (κ1) is 15.3. The van der Waals surface area contributed by atoms with Gasteiger partial charge in [0.25, 0.3) is 0 Å². The Morgan fingerprint density at radius 1 is 1.37 bits per heavy atom. The molecule has 0 aromatic carbocycles. The van der Waals surface area contributed by atoms with Gasteiger partial charge in [0, 0.05) is 31.3 Å². The summed E-state index contributed by atoms with van der Waals surface area (Å²) in [6, 6.07) is 0.573. The van der Waals surface area contributed by atoms with E-state index in [9.17, 15) is 0 Å². The van der Waals surface area contributed by atoms with Gasteiger partial charge in [0.15, 0.2) is 0 Å². The van der Waals surface area contributed by atoms with E-state index < -0.39 is 0 Å². The summed E-state index contributed by atoms with van der Waals surface area (Å²) in [5, 5.41) is 0. The number of nitrogens with two attached hydrogens (primary N) is 1. The van der Waals surface area contributed by atoms with Crippen LogP contribution >= 0.6 is 0 Å². The number of rotatable bonds is 6. The van der Waals surface area contributed by atoms with Crippen LogP contribution in [0.2, 0.25) is 0 Å². The van der Waals surface area contributed by atoms with Crippen LogP contribution in [0.1, 0.15) is 59.8 Å². The Bertz CT molecular complexity index is 303. The summed E-state index contributed by atoms with van der Waals surface area (Å²) >= 11 is 0. The fraction of sp³-hybridized carbons (Fsp3) is 1.00. The summed E-state index contributed by atoms with van der Waals surface area (Å²) < 4.78 is 6.04. The monoisotopic (exact) mass is 268 g/mol. The number of nitrogens with zero attached hydrogens (tertiary/aromatic N) is 1. The van der Waals surface area contributed by atoms with Crippen molar-refractivity contribution < 1.29 is 4.74 Å². The van der Waals surface area contributed by atoms with Crippen molar-refractivity contribution in [2.24, 2.45) is 11.7 Å². The summed E-state index contributed by atoms with van der Waals surface area (Å²) in [6.07, 6.45) is 6.06. The highest BCUT2D eigenvalue weighted by Crippen LogP contribution is 2.41. The second kappa shape index (κ2) is 5.71. The highest BCUT2D eigenvalue weighted by Gasteiger charge is 2.47. The highest BCUT2D eigenvalue weighted by molar-refractivity contribution is 5.02. The van der Waals surface area contributed by atoms with Gasteiger partial charge in [-0.1, -0.05) is 6.92 Å². The van der Waals surface area contributed by atoms with E-state index in [1.54, 1.807) is 0 Å². The van der Waals surface area contributed by atoms with Gasteiger partial charge in [-0.25, -0.2) is 0 Å². The first-order valence-electron chi connectivity index (χ1n) is 8.05. The van der Waals surface area contributed by atoms with Gasteiger partial charge in [-0.3, -0.25) is 4.90 Å². The molecule has 0 aromatic heterocycles. The third-order valence-electron chi connectivity index (χ3n) is 5.23. The molecule has 2 unspecified atom stereocenters. The molecule has 0 bridgehead atoms. The maximum absolute atomic E-state index is 6.25. The Morgan fingerprint density at radius 3 is 2.53 bits per heavy atom. The maximum Gasteiger partial charge on any atom is 0.0670 e. The average molecular weight is 268 g/mol. The molecule has 1 saturated heterocycles. The lowest BCUT2D eigenvalue weighted by atomic mass is 9.77. The first-order valence-corrected chi connectivity index (χ1v) is 8.05. The van der Waals surface area contributed by atoms with Gasteiger partial charge in [0.05, 0.1) is 5.60 Å². The zero-order valence-corrected chi connectivity index (χ0v) is 13.2. The SMILES string of the molecule is CCC1(C)CC(CN)(N(CC2CC2)C(C)C)CCO1. The van der Waals surface area contributed by atoms with E-state index in [2.05, 4.69) is 32.6 Å². The molecule has 112 valence electrons. The van der Waals surface area contributed by atoms with Crippen molar-refractivity contribution in [2.45, 2.75) is 77.0 Å². The van der Waals surface area contributed by atoms with E-state index in [1.807, 2.05) is 0 Å². The van der Waals surface area contributed by atoms with E-state index in [1.165, 1.54) is 19.4 Å². The second-order valence-electron chi connectivity index (χ2n) is 7.20. The molecule has 1 aliphatic carbocycles. The Kier molecular flexibility index (Phi) is 4.59. The molecule has 3 nitrogen and oxygen atoms in total. The van der Waals surface area contributed by atoms with Crippen molar-refractivity contribution in [3.05, 3.63) is 0 Å². The number of ether oxygens (including phenoxy) is 1. The summed E-state index contributed by atoms with van der Waals surface area (Å²) in [4.78, 5) is 2.70. The van der Waals surface area contributed by atoms with Crippen molar-refractivity contribution in [3.63, 3.8) is 0 Å². The Balaban J connectivity index is 2.17. The van der Waals surface area contributed by atoms with Gasteiger partial charge >= 0.3 is 0 Å². The van der Waals surface area contributed by atoms with Crippen molar-refractivity contribution in [1.29, 1.82) is 0 Å². The molecule has 2 fully saturated rings. The molecule has 0 aromatic rings. The molecule has 1 heterocycles. The van der Waals surface area contributed by atoms with Gasteiger partial charge in [0.2, 0.25) is 0 Å². The van der Waals surface area contributed by atoms with Crippen LogP contribution < -0.4 is 5.73 Å². The van der Waals surface area contributed by atoms with Crippen LogP contribution in [-0.4, -0.2) is 41.8 Å². The van der Waals surface area contributed by atoms with E-state index in [0.717, 1.165) is 38.3 Å².